The van der Waals surface area contributed by atoms with Gasteiger partial charge in [0.2, 0.25) is 0 Å². The fraction of sp³-hybridized carbons (Fsp3) is 0.333. The highest BCUT2D eigenvalue weighted by molar-refractivity contribution is 5.48. The summed E-state index contributed by atoms with van der Waals surface area (Å²) in [6.07, 6.45) is 1.96. The maximum absolute atomic E-state index is 13.7. The molecule has 0 aromatic heterocycles. The Labute approximate surface area is 125 Å². The third-order valence-corrected chi connectivity index (χ3v) is 4.02. The Morgan fingerprint density at radius 3 is 2.48 bits per heavy atom. The third kappa shape index (κ3) is 3.18. The molecule has 0 amide bonds. The summed E-state index contributed by atoms with van der Waals surface area (Å²) in [5.74, 6) is 1.15. The Kier molecular flexibility index (Phi) is 4.09. The molecular formula is C18H20FNO. The molecule has 1 N–H and O–H groups in total. The highest BCUT2D eigenvalue weighted by Gasteiger charge is 2.31. The molecule has 2 aromatic rings. The number of benzene rings is 2. The van der Waals surface area contributed by atoms with Crippen molar-refractivity contribution in [3.8, 4) is 5.75 Å². The summed E-state index contributed by atoms with van der Waals surface area (Å²) < 4.78 is 19.1. The lowest BCUT2D eigenvalue weighted by Crippen LogP contribution is -2.34. The van der Waals surface area contributed by atoms with Gasteiger partial charge in [-0.15, -0.1) is 0 Å². The molecule has 1 fully saturated rings. The van der Waals surface area contributed by atoms with Crippen molar-refractivity contribution in [1.82, 2.24) is 0 Å². The highest BCUT2D eigenvalue weighted by atomic mass is 19.1. The minimum Gasteiger partial charge on any atom is -0.494 e. The predicted molar refractivity (Wildman–Crippen MR) is 83.4 cm³/mol. The van der Waals surface area contributed by atoms with Gasteiger partial charge in [-0.1, -0.05) is 18.2 Å². The molecule has 0 aliphatic heterocycles. The topological polar surface area (TPSA) is 21.3 Å². The standard InChI is InChI=1S/C18H20FNO/c1-2-21-16-9-7-14(8-10-16)20-15-11-13(12-15)17-5-3-4-6-18(17)19/h3-10,13,15,20H,2,11-12H2,1H3. The van der Waals surface area contributed by atoms with Gasteiger partial charge in [0.1, 0.15) is 11.6 Å². The van der Waals surface area contributed by atoms with Crippen LogP contribution < -0.4 is 10.1 Å². The predicted octanol–water partition coefficient (Wildman–Crippen LogP) is 4.58. The number of ether oxygens (including phenoxy) is 1. The number of hydrogen-bond donors (Lipinski definition) is 1. The molecule has 110 valence electrons. The summed E-state index contributed by atoms with van der Waals surface area (Å²) in [6.45, 7) is 2.66. The maximum Gasteiger partial charge on any atom is 0.126 e. The third-order valence-electron chi connectivity index (χ3n) is 4.02. The van der Waals surface area contributed by atoms with Crippen LogP contribution in [0.4, 0.5) is 10.1 Å². The molecule has 3 heteroatoms. The fourth-order valence-corrected chi connectivity index (χ4v) is 2.85. The minimum absolute atomic E-state index is 0.0815. The molecule has 0 radical (unpaired) electrons. The van der Waals surface area contributed by atoms with Gasteiger partial charge in [-0.3, -0.25) is 0 Å². The molecule has 0 bridgehead atoms. The van der Waals surface area contributed by atoms with Gasteiger partial charge in [0.25, 0.3) is 0 Å². The summed E-state index contributed by atoms with van der Waals surface area (Å²) in [7, 11) is 0. The number of rotatable bonds is 5. The van der Waals surface area contributed by atoms with Crippen molar-refractivity contribution in [2.75, 3.05) is 11.9 Å². The highest BCUT2D eigenvalue weighted by Crippen LogP contribution is 2.39. The number of halogens is 1. The van der Waals surface area contributed by atoms with Gasteiger partial charge in [-0.25, -0.2) is 4.39 Å². The van der Waals surface area contributed by atoms with Crippen LogP contribution in [0.15, 0.2) is 48.5 Å². The molecule has 1 aliphatic rings. The zero-order valence-corrected chi connectivity index (χ0v) is 12.2. The Morgan fingerprint density at radius 2 is 1.81 bits per heavy atom. The van der Waals surface area contributed by atoms with Crippen LogP contribution in [0.2, 0.25) is 0 Å². The fourth-order valence-electron chi connectivity index (χ4n) is 2.85. The summed E-state index contributed by atoms with van der Waals surface area (Å²) in [5, 5.41) is 3.49. The first-order chi connectivity index (χ1) is 10.3. The van der Waals surface area contributed by atoms with Crippen LogP contribution in [-0.4, -0.2) is 12.6 Å². The van der Waals surface area contributed by atoms with Gasteiger partial charge in [-0.2, -0.15) is 0 Å². The molecule has 3 rings (SSSR count). The van der Waals surface area contributed by atoms with E-state index in [-0.39, 0.29) is 5.82 Å². The Balaban J connectivity index is 1.54. The molecule has 21 heavy (non-hydrogen) atoms. The smallest absolute Gasteiger partial charge is 0.126 e. The van der Waals surface area contributed by atoms with E-state index in [1.165, 1.54) is 0 Å². The van der Waals surface area contributed by atoms with E-state index in [2.05, 4.69) is 5.32 Å². The minimum atomic E-state index is -0.0815. The van der Waals surface area contributed by atoms with Gasteiger partial charge in [0.05, 0.1) is 6.61 Å². The zero-order valence-electron chi connectivity index (χ0n) is 12.2. The van der Waals surface area contributed by atoms with E-state index in [9.17, 15) is 4.39 Å². The lowest BCUT2D eigenvalue weighted by molar-refractivity contribution is 0.340. The largest absolute Gasteiger partial charge is 0.494 e. The number of nitrogens with one attached hydrogen (secondary N) is 1. The van der Waals surface area contributed by atoms with Crippen molar-refractivity contribution < 1.29 is 9.13 Å². The summed E-state index contributed by atoms with van der Waals surface area (Å²) in [4.78, 5) is 0. The van der Waals surface area contributed by atoms with E-state index in [1.807, 2.05) is 43.3 Å². The average Bonchev–Trinajstić information content (AvgIpc) is 2.46. The molecule has 1 aliphatic carbocycles. The molecule has 0 saturated heterocycles. The first kappa shape index (κ1) is 13.9. The number of anilines is 1. The Hall–Kier alpha value is -2.03. The molecule has 0 spiro atoms. The van der Waals surface area contributed by atoms with Crippen molar-refractivity contribution in [1.29, 1.82) is 0 Å². The quantitative estimate of drug-likeness (QED) is 0.868. The lowest BCUT2D eigenvalue weighted by atomic mass is 9.75. The summed E-state index contributed by atoms with van der Waals surface area (Å²) in [5.41, 5.74) is 1.94. The van der Waals surface area contributed by atoms with Crippen molar-refractivity contribution in [3.63, 3.8) is 0 Å². The van der Waals surface area contributed by atoms with Crippen molar-refractivity contribution in [2.24, 2.45) is 0 Å². The van der Waals surface area contributed by atoms with E-state index in [0.29, 0.717) is 18.6 Å². The Morgan fingerprint density at radius 1 is 1.10 bits per heavy atom. The molecular weight excluding hydrogens is 265 g/mol. The first-order valence-electron chi connectivity index (χ1n) is 7.50. The normalized spacial score (nSPS) is 20.7. The first-order valence-corrected chi connectivity index (χ1v) is 7.50. The van der Waals surface area contributed by atoms with Gasteiger partial charge < -0.3 is 10.1 Å². The van der Waals surface area contributed by atoms with Gasteiger partial charge >= 0.3 is 0 Å². The molecule has 2 aromatic carbocycles. The van der Waals surface area contributed by atoms with Crippen LogP contribution in [0.3, 0.4) is 0 Å². The summed E-state index contributed by atoms with van der Waals surface area (Å²) in [6, 6.07) is 15.5. The van der Waals surface area contributed by atoms with Crippen LogP contribution in [0.5, 0.6) is 5.75 Å². The lowest BCUT2D eigenvalue weighted by Gasteiger charge is -2.37. The number of hydrogen-bond acceptors (Lipinski definition) is 2. The summed E-state index contributed by atoms with van der Waals surface area (Å²) >= 11 is 0. The van der Waals surface area contributed by atoms with E-state index >= 15 is 0 Å². The zero-order chi connectivity index (χ0) is 14.7. The second kappa shape index (κ2) is 6.17. The van der Waals surface area contributed by atoms with Crippen molar-refractivity contribution >= 4 is 5.69 Å². The van der Waals surface area contributed by atoms with Gasteiger partial charge in [-0.05, 0) is 61.6 Å². The SMILES string of the molecule is CCOc1ccc(NC2CC(c3ccccc3F)C2)cc1. The average molecular weight is 285 g/mol. The second-order valence-electron chi connectivity index (χ2n) is 5.49. The van der Waals surface area contributed by atoms with Crippen molar-refractivity contribution in [2.45, 2.75) is 31.7 Å². The van der Waals surface area contributed by atoms with E-state index < -0.39 is 0 Å². The van der Waals surface area contributed by atoms with Crippen LogP contribution in [0, 0.1) is 5.82 Å². The Bertz CT molecular complexity index is 590. The molecule has 0 atom stereocenters. The van der Waals surface area contributed by atoms with Crippen LogP contribution in [0.1, 0.15) is 31.2 Å². The maximum atomic E-state index is 13.7. The monoisotopic (exact) mass is 285 g/mol. The van der Waals surface area contributed by atoms with E-state index in [1.54, 1.807) is 12.1 Å². The van der Waals surface area contributed by atoms with E-state index in [0.717, 1.165) is 29.8 Å². The van der Waals surface area contributed by atoms with Gasteiger partial charge in [0, 0.05) is 11.7 Å². The van der Waals surface area contributed by atoms with Crippen LogP contribution >= 0.6 is 0 Å². The van der Waals surface area contributed by atoms with E-state index in [4.69, 9.17) is 4.74 Å². The molecule has 2 nitrogen and oxygen atoms in total. The van der Waals surface area contributed by atoms with Crippen LogP contribution in [-0.2, 0) is 0 Å². The second-order valence-corrected chi connectivity index (χ2v) is 5.49. The van der Waals surface area contributed by atoms with Crippen LogP contribution in [0.25, 0.3) is 0 Å². The molecule has 0 heterocycles. The molecule has 0 unspecified atom stereocenters. The molecule has 1 saturated carbocycles. The van der Waals surface area contributed by atoms with Gasteiger partial charge in [0.15, 0.2) is 0 Å². The van der Waals surface area contributed by atoms with Crippen molar-refractivity contribution in [3.05, 3.63) is 59.9 Å².